The molecule has 1 saturated heterocycles. The van der Waals surface area contributed by atoms with Crippen LogP contribution in [0.3, 0.4) is 0 Å². The largest absolute Gasteiger partial charge is 0.527 e. The summed E-state index contributed by atoms with van der Waals surface area (Å²) in [5, 5.41) is 29.4. The molecule has 2 aliphatic rings. The third-order valence-corrected chi connectivity index (χ3v) is 8.50. The second-order valence-corrected chi connectivity index (χ2v) is 11.5. The van der Waals surface area contributed by atoms with Gasteiger partial charge in [0.25, 0.3) is 0 Å². The second kappa shape index (κ2) is 17.9. The molecular formula is C44H33N6O-. The predicted octanol–water partition coefficient (Wildman–Crippen LogP) is 9.30. The SMILES string of the molecule is [C-]#[N+]C([N+]#[C-])=C(/C(=C/C=C/C1=C(N2CCOCC2)C(=C/C=C/C(C#N)=C(\c2ccccc2)[C-](C#N)C#N)/CC1)c1ccccc1)c1ccccc1. The van der Waals surface area contributed by atoms with Gasteiger partial charge in [-0.3, -0.25) is 0 Å². The van der Waals surface area contributed by atoms with Crippen molar-refractivity contribution in [1.29, 1.82) is 15.8 Å². The highest BCUT2D eigenvalue weighted by Crippen LogP contribution is 2.38. The number of benzene rings is 3. The van der Waals surface area contributed by atoms with Crippen LogP contribution >= 0.6 is 0 Å². The molecule has 0 amide bonds. The number of ether oxygens (including phenoxy) is 1. The number of nitriles is 3. The van der Waals surface area contributed by atoms with Crippen molar-refractivity contribution in [3.63, 3.8) is 0 Å². The van der Waals surface area contributed by atoms with Crippen molar-refractivity contribution < 1.29 is 4.74 Å². The summed E-state index contributed by atoms with van der Waals surface area (Å²) in [5.41, 5.74) is 7.58. The number of hydrogen-bond donors (Lipinski definition) is 0. The van der Waals surface area contributed by atoms with E-state index in [9.17, 15) is 15.8 Å². The van der Waals surface area contributed by atoms with Gasteiger partial charge < -0.3 is 9.64 Å². The molecule has 51 heavy (non-hydrogen) atoms. The first-order valence-electron chi connectivity index (χ1n) is 16.4. The van der Waals surface area contributed by atoms with Gasteiger partial charge in [-0.2, -0.15) is 9.69 Å². The van der Waals surface area contributed by atoms with Crippen molar-refractivity contribution in [1.82, 2.24) is 4.90 Å². The summed E-state index contributed by atoms with van der Waals surface area (Å²) in [6.07, 6.45) is 13.1. The molecule has 7 nitrogen and oxygen atoms in total. The normalized spacial score (nSPS) is 15.8. The molecule has 0 N–H and O–H groups in total. The first kappa shape index (κ1) is 35.2. The maximum absolute atomic E-state index is 10.1. The summed E-state index contributed by atoms with van der Waals surface area (Å²) in [6.45, 7) is 18.3. The first-order chi connectivity index (χ1) is 25.1. The Morgan fingerprint density at radius 2 is 1.35 bits per heavy atom. The maximum atomic E-state index is 10.1. The van der Waals surface area contributed by atoms with Gasteiger partial charge in [0.2, 0.25) is 0 Å². The van der Waals surface area contributed by atoms with Crippen molar-refractivity contribution in [3.8, 4) is 18.2 Å². The van der Waals surface area contributed by atoms with Crippen LogP contribution in [0, 0.1) is 53.1 Å². The Balaban J connectivity index is 1.58. The zero-order valence-electron chi connectivity index (χ0n) is 28.0. The van der Waals surface area contributed by atoms with E-state index in [2.05, 4.69) is 26.7 Å². The van der Waals surface area contributed by atoms with E-state index in [0.29, 0.717) is 29.9 Å². The van der Waals surface area contributed by atoms with E-state index in [1.807, 2.05) is 103 Å². The zero-order valence-corrected chi connectivity index (χ0v) is 28.0. The Kier molecular flexibility index (Phi) is 12.4. The number of allylic oxidation sites excluding steroid dienone is 12. The van der Waals surface area contributed by atoms with E-state index in [4.69, 9.17) is 17.9 Å². The molecule has 7 heteroatoms. The quantitative estimate of drug-likeness (QED) is 0.123. The lowest BCUT2D eigenvalue weighted by molar-refractivity contribution is 0.0547. The molecule has 5 rings (SSSR count). The van der Waals surface area contributed by atoms with E-state index in [1.54, 1.807) is 30.3 Å². The van der Waals surface area contributed by atoms with Crippen LogP contribution in [0.15, 0.2) is 156 Å². The molecular weight excluding hydrogens is 629 g/mol. The van der Waals surface area contributed by atoms with Gasteiger partial charge in [-0.25, -0.2) is 15.8 Å². The molecule has 0 spiro atoms. The predicted molar refractivity (Wildman–Crippen MR) is 199 cm³/mol. The Bertz CT molecular complexity index is 2130. The molecule has 1 aliphatic carbocycles. The number of nitrogens with zero attached hydrogens (tertiary/aromatic N) is 6. The van der Waals surface area contributed by atoms with Crippen molar-refractivity contribution in [2.75, 3.05) is 26.3 Å². The van der Waals surface area contributed by atoms with Crippen LogP contribution < -0.4 is 0 Å². The summed E-state index contributed by atoms with van der Waals surface area (Å²) in [6, 6.07) is 34.5. The van der Waals surface area contributed by atoms with Crippen LogP contribution in [0.5, 0.6) is 0 Å². The lowest BCUT2D eigenvalue weighted by Gasteiger charge is -2.31. The van der Waals surface area contributed by atoms with Crippen molar-refractivity contribution >= 4 is 16.7 Å². The fraction of sp³-hybridized carbons (Fsp3) is 0.136. The van der Waals surface area contributed by atoms with Crippen LogP contribution in [-0.4, -0.2) is 31.2 Å². The van der Waals surface area contributed by atoms with Crippen LogP contribution in [0.4, 0.5) is 0 Å². The van der Waals surface area contributed by atoms with E-state index in [1.165, 1.54) is 0 Å². The highest BCUT2D eigenvalue weighted by atomic mass is 16.5. The Hall–Kier alpha value is -7.08. The zero-order chi connectivity index (χ0) is 35.8. The van der Waals surface area contributed by atoms with Crippen molar-refractivity contribution in [2.45, 2.75) is 12.8 Å². The molecule has 3 aromatic rings. The van der Waals surface area contributed by atoms with Gasteiger partial charge in [-0.15, -0.1) is 29.3 Å². The van der Waals surface area contributed by atoms with Gasteiger partial charge in [0.15, 0.2) is 0 Å². The topological polar surface area (TPSA) is 92.6 Å². The summed E-state index contributed by atoms with van der Waals surface area (Å²) < 4.78 is 5.67. The highest BCUT2D eigenvalue weighted by Gasteiger charge is 2.25. The van der Waals surface area contributed by atoms with E-state index < -0.39 is 0 Å². The lowest BCUT2D eigenvalue weighted by atomic mass is 9.90. The standard InChI is InChI=1S/C44H33N6O/c1-48-44(49-2)42(35-18-10-5-11-19-35)40(33-14-6-3-7-15-33)23-13-21-37-25-24-36(43(37)50-26-28-51-29-27-50)20-12-22-38(30-45)41(39(31-46)32-47)34-16-8-4-9-17-34/h3-23H,24-29H2/q-1/b21-13+,22-12+,36-20+,40-23+,41-38-. The summed E-state index contributed by atoms with van der Waals surface area (Å²) in [7, 11) is 0. The Morgan fingerprint density at radius 3 is 1.92 bits per heavy atom. The van der Waals surface area contributed by atoms with Crippen LogP contribution in [-0.2, 0) is 4.74 Å². The van der Waals surface area contributed by atoms with Crippen LogP contribution in [0.25, 0.3) is 26.4 Å². The molecule has 0 bridgehead atoms. The maximum Gasteiger partial charge on any atom is 0.527 e. The highest BCUT2D eigenvalue weighted by molar-refractivity contribution is 6.07. The third kappa shape index (κ3) is 8.51. The van der Waals surface area contributed by atoms with Gasteiger partial charge >= 0.3 is 5.82 Å². The minimum atomic E-state index is -0.120. The second-order valence-electron chi connectivity index (χ2n) is 11.5. The fourth-order valence-electron chi connectivity index (χ4n) is 6.19. The molecule has 1 heterocycles. The molecule has 0 atom stereocenters. The molecule has 3 aromatic carbocycles. The minimum absolute atomic E-state index is 0.00580. The number of morpholine rings is 1. The monoisotopic (exact) mass is 661 g/mol. The number of hydrogen-bond acceptors (Lipinski definition) is 5. The van der Waals surface area contributed by atoms with Crippen molar-refractivity contribution in [3.05, 3.63) is 201 Å². The first-order valence-corrected chi connectivity index (χ1v) is 16.4. The van der Waals surface area contributed by atoms with E-state index >= 15 is 0 Å². The van der Waals surface area contributed by atoms with Crippen LogP contribution in [0.1, 0.15) is 29.5 Å². The summed E-state index contributed by atoms with van der Waals surface area (Å²) in [5.74, 6) is -0.114. The van der Waals surface area contributed by atoms with Gasteiger partial charge in [-0.05, 0) is 46.3 Å². The van der Waals surface area contributed by atoms with E-state index in [0.717, 1.165) is 59.5 Å². The summed E-state index contributed by atoms with van der Waals surface area (Å²) in [4.78, 5) is 9.54. The molecule has 246 valence electrons. The van der Waals surface area contributed by atoms with Crippen LogP contribution in [0.2, 0.25) is 0 Å². The molecule has 0 radical (unpaired) electrons. The van der Waals surface area contributed by atoms with Gasteiger partial charge in [0.05, 0.1) is 18.8 Å². The average molecular weight is 662 g/mol. The molecule has 1 aliphatic heterocycles. The number of rotatable bonds is 10. The average Bonchev–Trinajstić information content (AvgIpc) is 3.60. The van der Waals surface area contributed by atoms with Gasteiger partial charge in [-0.1, -0.05) is 109 Å². The van der Waals surface area contributed by atoms with E-state index in [-0.39, 0.29) is 17.3 Å². The summed E-state index contributed by atoms with van der Waals surface area (Å²) >= 11 is 0. The van der Waals surface area contributed by atoms with Gasteiger partial charge in [0.1, 0.15) is 13.1 Å². The smallest absolute Gasteiger partial charge is 0.378 e. The van der Waals surface area contributed by atoms with Gasteiger partial charge in [0, 0.05) is 42.9 Å². The Morgan fingerprint density at radius 1 is 0.765 bits per heavy atom. The third-order valence-electron chi connectivity index (χ3n) is 8.50. The molecule has 0 unspecified atom stereocenters. The minimum Gasteiger partial charge on any atom is -0.378 e. The molecule has 1 fully saturated rings. The molecule has 0 saturated carbocycles. The fourth-order valence-corrected chi connectivity index (χ4v) is 6.19. The molecule has 0 aromatic heterocycles. The van der Waals surface area contributed by atoms with Crippen molar-refractivity contribution in [2.24, 2.45) is 0 Å². The lowest BCUT2D eigenvalue weighted by Crippen LogP contribution is -2.36. The Labute approximate surface area is 299 Å².